The second kappa shape index (κ2) is 2.60. The Labute approximate surface area is 56.7 Å². The molecule has 0 bridgehead atoms. The van der Waals surface area contributed by atoms with E-state index in [1.54, 1.807) is 0 Å². The first-order chi connectivity index (χ1) is 4.74. The Hall–Kier alpha value is -1.19. The van der Waals surface area contributed by atoms with Crippen LogP contribution in [-0.2, 0) is 6.67 Å². The van der Waals surface area contributed by atoms with E-state index in [0.717, 1.165) is 0 Å². The number of hydrogen-bond donors (Lipinski definition) is 1. The van der Waals surface area contributed by atoms with Gasteiger partial charge in [0.05, 0.1) is 11.4 Å². The Balaban J connectivity index is 3.04. The van der Waals surface area contributed by atoms with Gasteiger partial charge in [-0.3, -0.25) is 0 Å². The number of hydrogen-bond acceptors (Lipinski definition) is 2. The van der Waals surface area contributed by atoms with Crippen molar-refractivity contribution in [1.82, 2.24) is 4.98 Å². The second-order valence-corrected chi connectivity index (χ2v) is 1.82. The lowest BCUT2D eigenvalue weighted by Gasteiger charge is -1.95. The predicted octanol–water partition coefficient (Wildman–Crippen LogP) is 1.27. The normalized spacial score (nSPS) is 9.80. The van der Waals surface area contributed by atoms with Gasteiger partial charge < -0.3 is 5.73 Å². The van der Waals surface area contributed by atoms with E-state index in [0.29, 0.717) is 0 Å². The molecule has 1 heterocycles. The van der Waals surface area contributed by atoms with E-state index < -0.39 is 12.6 Å². The highest BCUT2D eigenvalue weighted by Crippen LogP contribution is 2.07. The lowest BCUT2D eigenvalue weighted by Crippen LogP contribution is -1.96. The van der Waals surface area contributed by atoms with Crippen molar-refractivity contribution in [3.8, 4) is 0 Å². The van der Waals surface area contributed by atoms with E-state index in [1.165, 1.54) is 12.1 Å². The van der Waals surface area contributed by atoms with Gasteiger partial charge in [0.1, 0.15) is 6.67 Å². The van der Waals surface area contributed by atoms with Crippen LogP contribution in [0.1, 0.15) is 5.69 Å². The number of nitrogen functional groups attached to an aromatic ring is 1. The van der Waals surface area contributed by atoms with Gasteiger partial charge in [-0.05, 0) is 12.1 Å². The van der Waals surface area contributed by atoms with E-state index in [2.05, 4.69) is 4.98 Å². The first-order valence-electron chi connectivity index (χ1n) is 2.71. The molecule has 1 rings (SSSR count). The molecule has 1 aromatic heterocycles. The van der Waals surface area contributed by atoms with Gasteiger partial charge in [0.2, 0.25) is 5.95 Å². The average Bonchev–Trinajstić information content (AvgIpc) is 1.95. The quantitative estimate of drug-likeness (QED) is 0.603. The number of alkyl halides is 1. The Morgan fingerprint density at radius 1 is 1.50 bits per heavy atom. The number of nitrogens with two attached hydrogens (primary N) is 1. The summed E-state index contributed by atoms with van der Waals surface area (Å²) >= 11 is 0. The van der Waals surface area contributed by atoms with Crippen LogP contribution in [0, 0.1) is 5.95 Å². The van der Waals surface area contributed by atoms with Crippen LogP contribution in [0.2, 0.25) is 0 Å². The summed E-state index contributed by atoms with van der Waals surface area (Å²) in [4.78, 5) is 3.22. The molecule has 0 atom stereocenters. The maximum Gasteiger partial charge on any atom is 0.236 e. The highest BCUT2D eigenvalue weighted by atomic mass is 19.1. The van der Waals surface area contributed by atoms with E-state index in [9.17, 15) is 8.78 Å². The van der Waals surface area contributed by atoms with E-state index in [4.69, 9.17) is 5.73 Å². The molecule has 0 aliphatic heterocycles. The van der Waals surface area contributed by atoms with Crippen LogP contribution in [0.25, 0.3) is 0 Å². The van der Waals surface area contributed by atoms with Crippen LogP contribution in [-0.4, -0.2) is 4.98 Å². The maximum atomic E-state index is 12.4. The maximum absolute atomic E-state index is 12.4. The van der Waals surface area contributed by atoms with Crippen LogP contribution < -0.4 is 5.73 Å². The Kier molecular flexibility index (Phi) is 1.80. The van der Waals surface area contributed by atoms with E-state index in [1.807, 2.05) is 0 Å². The van der Waals surface area contributed by atoms with E-state index in [-0.39, 0.29) is 11.4 Å². The molecule has 0 saturated carbocycles. The summed E-state index contributed by atoms with van der Waals surface area (Å²) in [6, 6.07) is 2.63. The Morgan fingerprint density at radius 2 is 2.20 bits per heavy atom. The molecule has 0 amide bonds. The third-order valence-corrected chi connectivity index (χ3v) is 1.07. The van der Waals surface area contributed by atoms with Crippen LogP contribution in [0.5, 0.6) is 0 Å². The average molecular weight is 144 g/mol. The highest BCUT2D eigenvalue weighted by molar-refractivity contribution is 5.36. The Morgan fingerprint density at radius 3 is 2.70 bits per heavy atom. The van der Waals surface area contributed by atoms with E-state index >= 15 is 0 Å². The van der Waals surface area contributed by atoms with Gasteiger partial charge in [-0.25, -0.2) is 9.37 Å². The number of aromatic nitrogens is 1. The molecule has 10 heavy (non-hydrogen) atoms. The SMILES string of the molecule is Nc1ccc(CF)nc1F. The highest BCUT2D eigenvalue weighted by Gasteiger charge is 1.99. The minimum absolute atomic E-state index is 0.0581. The van der Waals surface area contributed by atoms with Crippen molar-refractivity contribution in [2.45, 2.75) is 6.67 Å². The number of halogens is 2. The molecule has 0 saturated heterocycles. The third-order valence-electron chi connectivity index (χ3n) is 1.07. The lowest BCUT2D eigenvalue weighted by atomic mass is 10.3. The summed E-state index contributed by atoms with van der Waals surface area (Å²) in [5.74, 6) is -0.810. The third kappa shape index (κ3) is 1.21. The van der Waals surface area contributed by atoms with Gasteiger partial charge in [-0.15, -0.1) is 0 Å². The summed E-state index contributed by atoms with van der Waals surface area (Å²) in [6.07, 6.45) is 0. The molecule has 2 N–H and O–H groups in total. The van der Waals surface area contributed by atoms with Gasteiger partial charge in [-0.2, -0.15) is 4.39 Å². The predicted molar refractivity (Wildman–Crippen MR) is 33.4 cm³/mol. The first-order valence-corrected chi connectivity index (χ1v) is 2.71. The monoisotopic (exact) mass is 144 g/mol. The van der Waals surface area contributed by atoms with Crippen LogP contribution in [0.3, 0.4) is 0 Å². The van der Waals surface area contributed by atoms with Crippen molar-refractivity contribution in [2.24, 2.45) is 0 Å². The van der Waals surface area contributed by atoms with Crippen molar-refractivity contribution in [3.05, 3.63) is 23.8 Å². The molecule has 0 radical (unpaired) electrons. The molecule has 0 aliphatic rings. The molecule has 0 fully saturated rings. The van der Waals surface area contributed by atoms with Crippen molar-refractivity contribution in [1.29, 1.82) is 0 Å². The summed E-state index contributed by atoms with van der Waals surface area (Å²) in [5, 5.41) is 0. The molecular formula is C6H6F2N2. The molecule has 4 heteroatoms. The Bertz CT molecular complexity index is 237. The van der Waals surface area contributed by atoms with Crippen LogP contribution in [0.4, 0.5) is 14.5 Å². The summed E-state index contributed by atoms with van der Waals surface area (Å²) in [6.45, 7) is -0.767. The van der Waals surface area contributed by atoms with Crippen molar-refractivity contribution >= 4 is 5.69 Å². The smallest absolute Gasteiger partial charge is 0.236 e. The first kappa shape index (κ1) is 6.92. The summed E-state index contributed by atoms with van der Waals surface area (Å²) < 4.78 is 24.1. The van der Waals surface area contributed by atoms with Gasteiger partial charge in [0, 0.05) is 0 Å². The van der Waals surface area contributed by atoms with Crippen LogP contribution in [0.15, 0.2) is 12.1 Å². The fraction of sp³-hybridized carbons (Fsp3) is 0.167. The van der Waals surface area contributed by atoms with Crippen molar-refractivity contribution < 1.29 is 8.78 Å². The largest absolute Gasteiger partial charge is 0.395 e. The molecule has 0 unspecified atom stereocenters. The van der Waals surface area contributed by atoms with Crippen molar-refractivity contribution in [3.63, 3.8) is 0 Å². The minimum atomic E-state index is -0.810. The molecular weight excluding hydrogens is 138 g/mol. The summed E-state index contributed by atoms with van der Waals surface area (Å²) in [7, 11) is 0. The zero-order valence-corrected chi connectivity index (χ0v) is 5.14. The molecule has 1 aromatic rings. The topological polar surface area (TPSA) is 38.9 Å². The number of nitrogens with zero attached hydrogens (tertiary/aromatic N) is 1. The molecule has 0 aliphatic carbocycles. The summed E-state index contributed by atoms with van der Waals surface area (Å²) in [5.41, 5.74) is 5.09. The fourth-order valence-corrected chi connectivity index (χ4v) is 0.557. The fourth-order valence-electron chi connectivity index (χ4n) is 0.557. The van der Waals surface area contributed by atoms with Gasteiger partial charge in [0.15, 0.2) is 0 Å². The van der Waals surface area contributed by atoms with Crippen LogP contribution >= 0.6 is 0 Å². The number of pyridine rings is 1. The molecule has 2 nitrogen and oxygen atoms in total. The molecule has 0 spiro atoms. The van der Waals surface area contributed by atoms with Gasteiger partial charge in [0.25, 0.3) is 0 Å². The number of rotatable bonds is 1. The van der Waals surface area contributed by atoms with Crippen molar-refractivity contribution in [2.75, 3.05) is 5.73 Å². The lowest BCUT2D eigenvalue weighted by molar-refractivity contribution is 0.466. The molecule has 0 aromatic carbocycles. The van der Waals surface area contributed by atoms with Gasteiger partial charge in [-0.1, -0.05) is 0 Å². The zero-order chi connectivity index (χ0) is 7.56. The minimum Gasteiger partial charge on any atom is -0.395 e. The molecule has 54 valence electrons. The zero-order valence-electron chi connectivity index (χ0n) is 5.14. The second-order valence-electron chi connectivity index (χ2n) is 1.82. The number of anilines is 1. The standard InChI is InChI=1S/C6H6F2N2/c7-3-4-1-2-5(9)6(8)10-4/h1-2H,3,9H2. The van der Waals surface area contributed by atoms with Gasteiger partial charge >= 0.3 is 0 Å².